The summed E-state index contributed by atoms with van der Waals surface area (Å²) in [5, 5.41) is -0.391. The van der Waals surface area contributed by atoms with Crippen LogP contribution in [-0.4, -0.2) is 53.6 Å². The molecule has 9 heteroatoms. The molecule has 0 atom stereocenters. The number of carbonyl (C=O) groups excluding carboxylic acids is 3. The van der Waals surface area contributed by atoms with Gasteiger partial charge in [-0.2, -0.15) is 0 Å². The Morgan fingerprint density at radius 1 is 1.14 bits per heavy atom. The van der Waals surface area contributed by atoms with Crippen LogP contribution in [0.2, 0.25) is 0 Å². The number of methoxy groups -OCH3 is 1. The van der Waals surface area contributed by atoms with Crippen LogP contribution in [0.1, 0.15) is 31.2 Å². The summed E-state index contributed by atoms with van der Waals surface area (Å²) in [4.78, 5) is 40.8. The number of halogens is 2. The number of hydrogen-bond donors (Lipinski definition) is 0. The summed E-state index contributed by atoms with van der Waals surface area (Å²) in [6.45, 7) is 1.22. The number of benzene rings is 1. The van der Waals surface area contributed by atoms with Crippen molar-refractivity contribution in [2.24, 2.45) is 0 Å². The molecule has 0 bridgehead atoms. The van der Waals surface area contributed by atoms with E-state index >= 15 is 0 Å². The lowest BCUT2D eigenvalue weighted by Gasteiger charge is -2.22. The Kier molecular flexibility index (Phi) is 7.65. The van der Waals surface area contributed by atoms with E-state index in [0.29, 0.717) is 18.0 Å². The lowest BCUT2D eigenvalue weighted by atomic mass is 10.2. The molecule has 6 nitrogen and oxygen atoms in total. The number of ether oxygens (including phenoxy) is 1. The molecule has 0 saturated carbocycles. The van der Waals surface area contributed by atoms with Crippen molar-refractivity contribution >= 4 is 80.1 Å². The Bertz CT molecular complexity index is 812. The van der Waals surface area contributed by atoms with Crippen molar-refractivity contribution in [2.45, 2.75) is 25.7 Å². The van der Waals surface area contributed by atoms with E-state index in [9.17, 15) is 14.4 Å². The predicted molar refractivity (Wildman–Crippen MR) is 126 cm³/mol. The second kappa shape index (κ2) is 9.79. The van der Waals surface area contributed by atoms with E-state index in [1.807, 2.05) is 12.1 Å². The van der Waals surface area contributed by atoms with Gasteiger partial charge in [-0.3, -0.25) is 19.3 Å². The van der Waals surface area contributed by atoms with Gasteiger partial charge in [0, 0.05) is 13.1 Å². The minimum Gasteiger partial charge on any atom is -0.495 e. The van der Waals surface area contributed by atoms with Crippen LogP contribution >= 0.6 is 56.9 Å². The monoisotopic (exact) mass is 626 g/mol. The molecule has 2 fully saturated rings. The summed E-state index contributed by atoms with van der Waals surface area (Å²) in [5.41, 5.74) is 0.818. The minimum absolute atomic E-state index is 0.154. The van der Waals surface area contributed by atoms with Crippen molar-refractivity contribution in [3.63, 3.8) is 0 Å². The highest BCUT2D eigenvalue weighted by Gasteiger charge is 2.37. The van der Waals surface area contributed by atoms with E-state index in [1.165, 1.54) is 0 Å². The third kappa shape index (κ3) is 5.02. The van der Waals surface area contributed by atoms with Crippen LogP contribution in [0.25, 0.3) is 6.08 Å². The molecule has 2 saturated heterocycles. The van der Waals surface area contributed by atoms with E-state index < -0.39 is 11.1 Å². The molecule has 3 amide bonds. The topological polar surface area (TPSA) is 66.9 Å². The van der Waals surface area contributed by atoms with Crippen LogP contribution in [0, 0.1) is 7.14 Å². The van der Waals surface area contributed by atoms with Gasteiger partial charge in [0.05, 0.1) is 19.2 Å². The third-order valence-electron chi connectivity index (χ3n) is 4.65. The summed E-state index contributed by atoms with van der Waals surface area (Å²) in [6.07, 6.45) is 5.89. The number of carbonyl (C=O) groups is 3. The Hall–Kier alpha value is -0.820. The molecule has 0 aromatic heterocycles. The van der Waals surface area contributed by atoms with Gasteiger partial charge < -0.3 is 9.64 Å². The first-order chi connectivity index (χ1) is 13.4. The number of imide groups is 1. The molecule has 2 aliphatic rings. The Labute approximate surface area is 195 Å². The van der Waals surface area contributed by atoms with Gasteiger partial charge >= 0.3 is 0 Å². The second-order valence-electron chi connectivity index (χ2n) is 6.58. The largest absolute Gasteiger partial charge is 0.495 e. The maximum Gasteiger partial charge on any atom is 0.294 e. The molecule has 0 N–H and O–H groups in total. The van der Waals surface area contributed by atoms with Crippen LogP contribution in [0.5, 0.6) is 5.75 Å². The standard InChI is InChI=1S/C19H20I2N2O4S/c1-27-17-13(20)8-12(9-14(17)21)10-15-18(25)23(19(26)28-15)11-16(24)22-6-4-2-3-5-7-22/h8-10H,2-7,11H2,1H3. The zero-order chi connectivity index (χ0) is 20.3. The van der Waals surface area contributed by atoms with Gasteiger partial charge in [0.15, 0.2) is 0 Å². The zero-order valence-corrected chi connectivity index (χ0v) is 20.5. The van der Waals surface area contributed by atoms with Gasteiger partial charge in [0.2, 0.25) is 5.91 Å². The van der Waals surface area contributed by atoms with Gasteiger partial charge in [0.1, 0.15) is 12.3 Å². The molecule has 0 unspecified atom stereocenters. The Morgan fingerprint density at radius 2 is 1.75 bits per heavy atom. The lowest BCUT2D eigenvalue weighted by Crippen LogP contribution is -2.42. The highest BCUT2D eigenvalue weighted by atomic mass is 127. The zero-order valence-electron chi connectivity index (χ0n) is 15.4. The van der Waals surface area contributed by atoms with Crippen molar-refractivity contribution in [1.29, 1.82) is 0 Å². The summed E-state index contributed by atoms with van der Waals surface area (Å²) in [6, 6.07) is 3.80. The van der Waals surface area contributed by atoms with Crippen molar-refractivity contribution in [3.8, 4) is 5.75 Å². The fraction of sp³-hybridized carbons (Fsp3) is 0.421. The fourth-order valence-corrected chi connectivity index (χ4v) is 6.30. The molecule has 1 aromatic rings. The first-order valence-corrected chi connectivity index (χ1v) is 11.9. The fourth-order valence-electron chi connectivity index (χ4n) is 3.20. The molecular weight excluding hydrogens is 606 g/mol. The normalized spacial score (nSPS) is 19.3. The molecule has 0 aliphatic carbocycles. The average Bonchev–Trinajstić information content (AvgIpc) is 2.86. The van der Waals surface area contributed by atoms with Crippen molar-refractivity contribution < 1.29 is 19.1 Å². The number of nitrogens with zero attached hydrogens (tertiary/aromatic N) is 2. The maximum atomic E-state index is 12.7. The van der Waals surface area contributed by atoms with Gasteiger partial charge in [-0.15, -0.1) is 0 Å². The maximum absolute atomic E-state index is 12.7. The first kappa shape index (κ1) is 21.9. The van der Waals surface area contributed by atoms with Crippen molar-refractivity contribution in [1.82, 2.24) is 9.80 Å². The first-order valence-electron chi connectivity index (χ1n) is 8.97. The van der Waals surface area contributed by atoms with Crippen LogP contribution < -0.4 is 4.74 Å². The summed E-state index contributed by atoms with van der Waals surface area (Å²) in [7, 11) is 1.62. The second-order valence-corrected chi connectivity index (χ2v) is 9.90. The molecule has 28 heavy (non-hydrogen) atoms. The highest BCUT2D eigenvalue weighted by molar-refractivity contribution is 14.1. The number of amides is 3. The minimum atomic E-state index is -0.404. The summed E-state index contributed by atoms with van der Waals surface area (Å²) in [5.74, 6) is 0.229. The molecule has 0 spiro atoms. The summed E-state index contributed by atoms with van der Waals surface area (Å²) < 4.78 is 7.20. The number of rotatable bonds is 4. The number of thioether (sulfide) groups is 1. The SMILES string of the molecule is COc1c(I)cc(C=C2SC(=O)N(CC(=O)N3CCCCCC3)C2=O)cc1I. The van der Waals surface area contributed by atoms with E-state index in [2.05, 4.69) is 45.2 Å². The lowest BCUT2D eigenvalue weighted by molar-refractivity contribution is -0.135. The molecule has 2 heterocycles. The quantitative estimate of drug-likeness (QED) is 0.368. The molecule has 2 aliphatic heterocycles. The molecule has 3 rings (SSSR count). The Balaban J connectivity index is 1.74. The number of hydrogen-bond acceptors (Lipinski definition) is 5. The van der Waals surface area contributed by atoms with Gasteiger partial charge in [-0.1, -0.05) is 12.8 Å². The van der Waals surface area contributed by atoms with Gasteiger partial charge in [-0.25, -0.2) is 0 Å². The predicted octanol–water partition coefficient (Wildman–Crippen LogP) is 4.34. The van der Waals surface area contributed by atoms with Crippen molar-refractivity contribution in [2.75, 3.05) is 26.7 Å². The number of likely N-dealkylation sites (tertiary alicyclic amines) is 1. The summed E-state index contributed by atoms with van der Waals surface area (Å²) >= 11 is 5.24. The van der Waals surface area contributed by atoms with Crippen molar-refractivity contribution in [3.05, 3.63) is 29.7 Å². The molecule has 0 radical (unpaired) electrons. The van der Waals surface area contributed by atoms with Gasteiger partial charge in [0.25, 0.3) is 11.1 Å². The van der Waals surface area contributed by atoms with Crippen LogP contribution in [0.3, 0.4) is 0 Å². The van der Waals surface area contributed by atoms with Crippen LogP contribution in [0.4, 0.5) is 4.79 Å². The van der Waals surface area contributed by atoms with Gasteiger partial charge in [-0.05, 0) is 93.6 Å². The smallest absolute Gasteiger partial charge is 0.294 e. The van der Waals surface area contributed by atoms with E-state index in [-0.39, 0.29) is 12.5 Å². The molecule has 1 aromatic carbocycles. The Morgan fingerprint density at radius 3 is 2.32 bits per heavy atom. The van der Waals surface area contributed by atoms with E-state index in [4.69, 9.17) is 4.74 Å². The van der Waals surface area contributed by atoms with Crippen LogP contribution in [-0.2, 0) is 9.59 Å². The highest BCUT2D eigenvalue weighted by Crippen LogP contribution is 2.34. The molecule has 150 valence electrons. The average molecular weight is 626 g/mol. The third-order valence-corrected chi connectivity index (χ3v) is 7.16. The van der Waals surface area contributed by atoms with Crippen LogP contribution in [0.15, 0.2) is 17.0 Å². The van der Waals surface area contributed by atoms with E-state index in [1.54, 1.807) is 18.1 Å². The molecular formula is C19H20I2N2O4S. The van der Waals surface area contributed by atoms with E-state index in [0.717, 1.165) is 60.8 Å².